The summed E-state index contributed by atoms with van der Waals surface area (Å²) in [5, 5.41) is 0.313. The number of amides is 1. The molecule has 0 saturated carbocycles. The average molecular weight is 345 g/mol. The average Bonchev–Trinajstić information content (AvgIpc) is 2.45. The van der Waals surface area contributed by atoms with Crippen LogP contribution in [-0.4, -0.2) is 45.1 Å². The standard InChI is InChI=1S/C15H21ClN2O3S/c1-12-7-9-17(10-8-12)15(19)11-18(22(2,20)21)14-6-4-3-5-13(14)16/h3-6,12H,7-11H2,1-2H3. The quantitative estimate of drug-likeness (QED) is 0.842. The zero-order valence-electron chi connectivity index (χ0n) is 12.8. The highest BCUT2D eigenvalue weighted by atomic mass is 35.5. The molecule has 2 rings (SSSR count). The number of benzene rings is 1. The normalized spacial score (nSPS) is 16.6. The van der Waals surface area contributed by atoms with Crippen LogP contribution in [0.15, 0.2) is 24.3 Å². The van der Waals surface area contributed by atoms with Crippen molar-refractivity contribution in [1.82, 2.24) is 4.90 Å². The lowest BCUT2D eigenvalue weighted by atomic mass is 9.99. The number of hydrogen-bond donors (Lipinski definition) is 0. The van der Waals surface area contributed by atoms with E-state index in [1.165, 1.54) is 0 Å². The molecule has 1 saturated heterocycles. The molecule has 0 unspecified atom stereocenters. The molecule has 122 valence electrons. The van der Waals surface area contributed by atoms with E-state index in [2.05, 4.69) is 6.92 Å². The van der Waals surface area contributed by atoms with Crippen molar-refractivity contribution in [3.63, 3.8) is 0 Å². The summed E-state index contributed by atoms with van der Waals surface area (Å²) in [6.45, 7) is 3.31. The van der Waals surface area contributed by atoms with E-state index in [9.17, 15) is 13.2 Å². The third kappa shape index (κ3) is 4.14. The fourth-order valence-corrected chi connectivity index (χ4v) is 3.67. The summed E-state index contributed by atoms with van der Waals surface area (Å²) >= 11 is 6.08. The molecule has 1 aromatic rings. The summed E-state index contributed by atoms with van der Waals surface area (Å²) in [6, 6.07) is 6.64. The first-order chi connectivity index (χ1) is 10.3. The van der Waals surface area contributed by atoms with E-state index in [4.69, 9.17) is 11.6 Å². The minimum atomic E-state index is -3.58. The topological polar surface area (TPSA) is 57.7 Å². The monoisotopic (exact) mass is 344 g/mol. The molecule has 5 nitrogen and oxygen atoms in total. The second kappa shape index (κ2) is 6.87. The fraction of sp³-hybridized carbons (Fsp3) is 0.533. The molecule has 0 bridgehead atoms. The van der Waals surface area contributed by atoms with Crippen LogP contribution < -0.4 is 4.31 Å². The van der Waals surface area contributed by atoms with Gasteiger partial charge in [-0.1, -0.05) is 30.7 Å². The number of carbonyl (C=O) groups excluding carboxylic acids is 1. The molecule has 1 fully saturated rings. The van der Waals surface area contributed by atoms with Gasteiger partial charge in [0.25, 0.3) is 0 Å². The van der Waals surface area contributed by atoms with E-state index in [1.807, 2.05) is 0 Å². The number of nitrogens with zero attached hydrogens (tertiary/aromatic N) is 2. The maximum absolute atomic E-state index is 12.4. The van der Waals surface area contributed by atoms with Gasteiger partial charge in [-0.05, 0) is 30.9 Å². The second-order valence-corrected chi connectivity index (χ2v) is 8.10. The Labute approximate surface area is 136 Å². The van der Waals surface area contributed by atoms with Gasteiger partial charge >= 0.3 is 0 Å². The smallest absolute Gasteiger partial charge is 0.243 e. The van der Waals surface area contributed by atoms with Gasteiger partial charge in [0.1, 0.15) is 6.54 Å². The molecule has 1 aromatic carbocycles. The highest BCUT2D eigenvalue weighted by molar-refractivity contribution is 7.92. The van der Waals surface area contributed by atoms with E-state index in [1.54, 1.807) is 29.2 Å². The number of rotatable bonds is 4. The molecule has 1 aliphatic heterocycles. The molecule has 1 aliphatic rings. The van der Waals surface area contributed by atoms with Crippen molar-refractivity contribution >= 4 is 33.2 Å². The van der Waals surface area contributed by atoms with Crippen LogP contribution >= 0.6 is 11.6 Å². The summed E-state index contributed by atoms with van der Waals surface area (Å²) in [4.78, 5) is 14.2. The van der Waals surface area contributed by atoms with Crippen LogP contribution in [0.1, 0.15) is 19.8 Å². The van der Waals surface area contributed by atoms with Crippen molar-refractivity contribution in [3.05, 3.63) is 29.3 Å². The zero-order valence-corrected chi connectivity index (χ0v) is 14.4. The molecule has 0 aromatic heterocycles. The van der Waals surface area contributed by atoms with Gasteiger partial charge in [0.15, 0.2) is 0 Å². The Hall–Kier alpha value is -1.27. The first kappa shape index (κ1) is 17.1. The van der Waals surface area contributed by atoms with Gasteiger partial charge in [-0.2, -0.15) is 0 Å². The first-order valence-electron chi connectivity index (χ1n) is 7.29. The van der Waals surface area contributed by atoms with Gasteiger partial charge in [0.05, 0.1) is 17.0 Å². The van der Waals surface area contributed by atoms with Gasteiger partial charge in [0.2, 0.25) is 15.9 Å². The van der Waals surface area contributed by atoms with E-state index in [0.717, 1.165) is 23.4 Å². The molecule has 1 heterocycles. The molecule has 0 radical (unpaired) electrons. The predicted molar refractivity (Wildman–Crippen MR) is 88.6 cm³/mol. The summed E-state index contributed by atoms with van der Waals surface area (Å²) in [6.07, 6.45) is 3.00. The summed E-state index contributed by atoms with van der Waals surface area (Å²) in [5.41, 5.74) is 0.338. The maximum atomic E-state index is 12.4. The van der Waals surface area contributed by atoms with Crippen molar-refractivity contribution in [2.75, 3.05) is 30.2 Å². The number of para-hydroxylation sites is 1. The van der Waals surface area contributed by atoms with Crippen LogP contribution in [0.5, 0.6) is 0 Å². The molecular formula is C15H21ClN2O3S. The molecule has 22 heavy (non-hydrogen) atoms. The van der Waals surface area contributed by atoms with Crippen molar-refractivity contribution in [2.45, 2.75) is 19.8 Å². The Morgan fingerprint density at radius 1 is 1.32 bits per heavy atom. The van der Waals surface area contributed by atoms with Crippen LogP contribution in [0, 0.1) is 5.92 Å². The number of halogens is 1. The van der Waals surface area contributed by atoms with Crippen LogP contribution in [0.2, 0.25) is 5.02 Å². The van der Waals surface area contributed by atoms with Gasteiger partial charge in [0, 0.05) is 13.1 Å². The SMILES string of the molecule is CC1CCN(C(=O)CN(c2ccccc2Cl)S(C)(=O)=O)CC1. The van der Waals surface area contributed by atoms with Crippen molar-refractivity contribution in [2.24, 2.45) is 5.92 Å². The summed E-state index contributed by atoms with van der Waals surface area (Å²) in [7, 11) is -3.58. The number of carbonyl (C=O) groups is 1. The van der Waals surface area contributed by atoms with Crippen LogP contribution in [0.25, 0.3) is 0 Å². The number of piperidine rings is 1. The lowest BCUT2D eigenvalue weighted by molar-refractivity contribution is -0.130. The van der Waals surface area contributed by atoms with Gasteiger partial charge in [-0.15, -0.1) is 0 Å². The molecule has 0 spiro atoms. The third-order valence-corrected chi connectivity index (χ3v) is 5.38. The largest absolute Gasteiger partial charge is 0.341 e. The van der Waals surface area contributed by atoms with E-state index < -0.39 is 10.0 Å². The Bertz CT molecular complexity index is 640. The van der Waals surface area contributed by atoms with Crippen molar-refractivity contribution < 1.29 is 13.2 Å². The molecule has 0 atom stereocenters. The maximum Gasteiger partial charge on any atom is 0.243 e. The summed E-state index contributed by atoms with van der Waals surface area (Å²) < 4.78 is 25.2. The molecule has 7 heteroatoms. The predicted octanol–water partition coefficient (Wildman–Crippen LogP) is 2.36. The number of likely N-dealkylation sites (tertiary alicyclic amines) is 1. The zero-order chi connectivity index (χ0) is 16.3. The van der Waals surface area contributed by atoms with Gasteiger partial charge in [-0.25, -0.2) is 8.42 Å². The van der Waals surface area contributed by atoms with Crippen LogP contribution in [-0.2, 0) is 14.8 Å². The minimum absolute atomic E-state index is 0.183. The summed E-state index contributed by atoms with van der Waals surface area (Å²) in [5.74, 6) is 0.427. The van der Waals surface area contributed by atoms with Crippen molar-refractivity contribution in [1.29, 1.82) is 0 Å². The molecular weight excluding hydrogens is 324 g/mol. The van der Waals surface area contributed by atoms with Crippen molar-refractivity contribution in [3.8, 4) is 0 Å². The molecule has 0 aliphatic carbocycles. The first-order valence-corrected chi connectivity index (χ1v) is 9.51. The molecule has 0 N–H and O–H groups in total. The fourth-order valence-electron chi connectivity index (χ4n) is 2.52. The molecule has 1 amide bonds. The number of anilines is 1. The van der Waals surface area contributed by atoms with E-state index >= 15 is 0 Å². The second-order valence-electron chi connectivity index (χ2n) is 5.78. The lowest BCUT2D eigenvalue weighted by Crippen LogP contribution is -2.45. The Balaban J connectivity index is 2.18. The lowest BCUT2D eigenvalue weighted by Gasteiger charge is -2.32. The number of sulfonamides is 1. The third-order valence-electron chi connectivity index (χ3n) is 3.94. The Morgan fingerprint density at radius 3 is 2.45 bits per heavy atom. The number of hydrogen-bond acceptors (Lipinski definition) is 3. The van der Waals surface area contributed by atoms with E-state index in [-0.39, 0.29) is 12.5 Å². The van der Waals surface area contributed by atoms with Crippen LogP contribution in [0.4, 0.5) is 5.69 Å². The van der Waals surface area contributed by atoms with Gasteiger partial charge in [-0.3, -0.25) is 9.10 Å². The van der Waals surface area contributed by atoms with E-state index in [0.29, 0.717) is 29.7 Å². The Morgan fingerprint density at radius 2 is 1.91 bits per heavy atom. The highest BCUT2D eigenvalue weighted by Gasteiger charge is 2.27. The highest BCUT2D eigenvalue weighted by Crippen LogP contribution is 2.27. The van der Waals surface area contributed by atoms with Crippen LogP contribution in [0.3, 0.4) is 0 Å². The Kier molecular flexibility index (Phi) is 5.34. The minimum Gasteiger partial charge on any atom is -0.341 e. The van der Waals surface area contributed by atoms with Gasteiger partial charge < -0.3 is 4.90 Å².